The lowest BCUT2D eigenvalue weighted by Gasteiger charge is -2.23. The van der Waals surface area contributed by atoms with Crippen LogP contribution in [-0.2, 0) is 32.7 Å². The summed E-state index contributed by atoms with van der Waals surface area (Å²) in [7, 11) is -2.41. The van der Waals surface area contributed by atoms with Gasteiger partial charge in [-0.3, -0.25) is 14.2 Å². The Morgan fingerprint density at radius 3 is 2.71 bits per heavy atom. The predicted molar refractivity (Wildman–Crippen MR) is 153 cm³/mol. The van der Waals surface area contributed by atoms with E-state index in [2.05, 4.69) is 15.0 Å². The largest absolute Gasteiger partial charge is 0.697 e. The minimum absolute atomic E-state index is 0.0363. The summed E-state index contributed by atoms with van der Waals surface area (Å²) < 4.78 is 41.6. The van der Waals surface area contributed by atoms with Crippen LogP contribution in [0.25, 0.3) is 11.2 Å². The van der Waals surface area contributed by atoms with E-state index < -0.39 is 25.7 Å². The summed E-state index contributed by atoms with van der Waals surface area (Å²) in [5.74, 6) is 0.115. The Kier molecular flexibility index (Phi) is 11.8. The zero-order valence-corrected chi connectivity index (χ0v) is 26.0. The van der Waals surface area contributed by atoms with Gasteiger partial charge in [0, 0.05) is 16.2 Å². The van der Waals surface area contributed by atoms with Crippen molar-refractivity contribution in [2.24, 2.45) is 23.0 Å². The molecular formula is C25H40N6O8PS+. The second kappa shape index (κ2) is 14.7. The van der Waals surface area contributed by atoms with Crippen molar-refractivity contribution in [3.8, 4) is 5.88 Å². The van der Waals surface area contributed by atoms with E-state index in [1.165, 1.54) is 0 Å². The minimum atomic E-state index is -2.41. The molecule has 1 aliphatic heterocycles. The average Bonchev–Trinajstić information content (AvgIpc) is 3.50. The van der Waals surface area contributed by atoms with Crippen LogP contribution in [0.5, 0.6) is 5.88 Å². The van der Waals surface area contributed by atoms with Gasteiger partial charge in [0.15, 0.2) is 16.3 Å². The van der Waals surface area contributed by atoms with Crippen molar-refractivity contribution in [1.82, 2.24) is 19.5 Å². The number of ether oxygens (including phenoxy) is 3. The van der Waals surface area contributed by atoms with E-state index in [-0.39, 0.29) is 60.8 Å². The van der Waals surface area contributed by atoms with E-state index in [1.54, 1.807) is 24.7 Å². The lowest BCUT2D eigenvalue weighted by atomic mass is 9.97. The Morgan fingerprint density at radius 2 is 2.02 bits per heavy atom. The van der Waals surface area contributed by atoms with E-state index in [4.69, 9.17) is 34.7 Å². The predicted octanol–water partition coefficient (Wildman–Crippen LogP) is 3.23. The number of nitrogens with zero attached hydrogens (tertiary/aromatic N) is 4. The number of thioether (sulfide) groups is 1. The van der Waals surface area contributed by atoms with Gasteiger partial charge in [-0.1, -0.05) is 32.5 Å². The van der Waals surface area contributed by atoms with Crippen molar-refractivity contribution in [1.29, 1.82) is 0 Å². The fourth-order valence-corrected chi connectivity index (χ4v) is 5.53. The Morgan fingerprint density at radius 1 is 1.29 bits per heavy atom. The first-order valence-corrected chi connectivity index (χ1v) is 15.5. The molecule has 0 radical (unpaired) electrons. The Labute approximate surface area is 244 Å². The number of hydrogen-bond donors (Lipinski definition) is 2. The van der Waals surface area contributed by atoms with Crippen LogP contribution >= 0.6 is 20.0 Å². The van der Waals surface area contributed by atoms with Crippen LogP contribution in [0, 0.1) is 17.3 Å². The Bertz CT molecular complexity index is 1230. The second-order valence-electron chi connectivity index (χ2n) is 10.8. The van der Waals surface area contributed by atoms with Gasteiger partial charge >= 0.3 is 14.2 Å². The van der Waals surface area contributed by atoms with Gasteiger partial charge in [-0.25, -0.2) is 4.98 Å². The fourth-order valence-electron chi connectivity index (χ4n) is 4.00. The monoisotopic (exact) mass is 615 g/mol. The minimum Gasteiger partial charge on any atom is -0.476 e. The summed E-state index contributed by atoms with van der Waals surface area (Å²) in [5.41, 5.74) is 11.7. The zero-order chi connectivity index (χ0) is 30.3. The van der Waals surface area contributed by atoms with Crippen LogP contribution in [0.15, 0.2) is 6.33 Å². The van der Waals surface area contributed by atoms with Crippen LogP contribution in [0.4, 0.5) is 5.95 Å². The van der Waals surface area contributed by atoms with Crippen LogP contribution in [0.2, 0.25) is 0 Å². The number of aromatic nitrogens is 4. The van der Waals surface area contributed by atoms with Gasteiger partial charge in [-0.15, -0.1) is 9.05 Å². The van der Waals surface area contributed by atoms with Gasteiger partial charge in [0.2, 0.25) is 11.8 Å². The summed E-state index contributed by atoms with van der Waals surface area (Å²) in [6.45, 7) is 11.3. The van der Waals surface area contributed by atoms with Gasteiger partial charge in [0.05, 0.1) is 24.5 Å². The van der Waals surface area contributed by atoms with E-state index in [1.807, 2.05) is 27.7 Å². The van der Waals surface area contributed by atoms with Crippen LogP contribution in [0.3, 0.4) is 0 Å². The number of esters is 1. The molecule has 5 atom stereocenters. The van der Waals surface area contributed by atoms with E-state index in [0.29, 0.717) is 30.1 Å². The molecule has 41 heavy (non-hydrogen) atoms. The Balaban J connectivity index is 1.40. The third-order valence-electron chi connectivity index (χ3n) is 6.41. The molecule has 2 aromatic rings. The highest BCUT2D eigenvalue weighted by Crippen LogP contribution is 2.38. The number of fused-ring (bicyclic) bond motifs is 1. The number of carbonyl (C=O) groups excluding carboxylic acids is 2. The molecule has 14 nitrogen and oxygen atoms in total. The van der Waals surface area contributed by atoms with Crippen molar-refractivity contribution >= 4 is 48.2 Å². The molecule has 0 aromatic carbocycles. The van der Waals surface area contributed by atoms with Gasteiger partial charge in [-0.05, 0) is 33.1 Å². The highest BCUT2D eigenvalue weighted by atomic mass is 32.2. The van der Waals surface area contributed by atoms with Gasteiger partial charge < -0.3 is 25.7 Å². The molecule has 3 heterocycles. The third kappa shape index (κ3) is 8.79. The number of hydrogen-bond acceptors (Lipinski definition) is 14. The molecule has 1 aliphatic rings. The topological polar surface area (TPSA) is 193 Å². The molecule has 1 fully saturated rings. The maximum Gasteiger partial charge on any atom is 0.697 e. The molecule has 4 N–H and O–H groups in total. The van der Waals surface area contributed by atoms with Crippen LogP contribution < -0.4 is 16.2 Å². The van der Waals surface area contributed by atoms with E-state index in [9.17, 15) is 14.2 Å². The summed E-state index contributed by atoms with van der Waals surface area (Å²) in [5, 5.41) is -0.185. The number of imidazole rings is 1. The van der Waals surface area contributed by atoms with Gasteiger partial charge in [-0.2, -0.15) is 9.97 Å². The van der Waals surface area contributed by atoms with E-state index >= 15 is 0 Å². The van der Waals surface area contributed by atoms with Crippen molar-refractivity contribution in [2.75, 3.05) is 37.9 Å². The highest BCUT2D eigenvalue weighted by molar-refractivity contribution is 8.13. The van der Waals surface area contributed by atoms with Crippen molar-refractivity contribution in [3.63, 3.8) is 0 Å². The standard InChI is InChI=1S/C25H40N6O8PS/c1-7-35-20-18-19(29-24(27)30-20)31(13-28-18)21-15(4)10-16(39-21)11-38-40(34)37-8-9-41-23(33)25(5,6)12-36-22(32)17(26)14(2)3/h13-17,21H,7-12,26H2,1-6H3,(H2,27,29,30)/q+1. The number of anilines is 1. The summed E-state index contributed by atoms with van der Waals surface area (Å²) >= 11 is 1.01. The third-order valence-corrected chi connectivity index (χ3v) is 8.35. The van der Waals surface area contributed by atoms with Crippen LogP contribution in [-0.4, -0.2) is 74.9 Å². The van der Waals surface area contributed by atoms with Crippen molar-refractivity contribution in [3.05, 3.63) is 6.33 Å². The average molecular weight is 616 g/mol. The maximum absolute atomic E-state index is 12.6. The van der Waals surface area contributed by atoms with Gasteiger partial charge in [0.25, 0.3) is 0 Å². The molecule has 0 saturated carbocycles. The quantitative estimate of drug-likeness (QED) is 0.168. The first-order chi connectivity index (χ1) is 19.3. The van der Waals surface area contributed by atoms with Crippen molar-refractivity contribution < 1.29 is 37.4 Å². The van der Waals surface area contributed by atoms with Crippen LogP contribution in [0.1, 0.15) is 54.2 Å². The number of rotatable bonds is 15. The SMILES string of the molecule is CCOc1nc(N)nc2c1ncn2C1OC(CO[P+](=O)OCCSC(=O)C(C)(C)COC(=O)C(N)C(C)C)CC1C. The molecule has 0 spiro atoms. The number of carbonyl (C=O) groups is 2. The summed E-state index contributed by atoms with van der Waals surface area (Å²) in [4.78, 5) is 37.4. The molecular weight excluding hydrogens is 575 g/mol. The fraction of sp³-hybridized carbons (Fsp3) is 0.720. The van der Waals surface area contributed by atoms with Gasteiger partial charge in [0.1, 0.15) is 32.1 Å². The molecule has 16 heteroatoms. The molecule has 1 saturated heterocycles. The summed E-state index contributed by atoms with van der Waals surface area (Å²) in [6.07, 6.45) is 1.55. The zero-order valence-electron chi connectivity index (χ0n) is 24.3. The molecule has 228 valence electrons. The molecule has 0 amide bonds. The lowest BCUT2D eigenvalue weighted by Crippen LogP contribution is -2.39. The smallest absolute Gasteiger partial charge is 0.476 e. The normalized spacial score (nSPS) is 20.4. The molecule has 3 rings (SSSR count). The lowest BCUT2D eigenvalue weighted by molar-refractivity contribution is -0.150. The molecule has 5 unspecified atom stereocenters. The summed E-state index contributed by atoms with van der Waals surface area (Å²) in [6, 6.07) is -0.740. The molecule has 2 aromatic heterocycles. The Hall–Kier alpha value is -2.42. The maximum atomic E-state index is 12.6. The van der Waals surface area contributed by atoms with E-state index in [0.717, 1.165) is 11.8 Å². The molecule has 0 bridgehead atoms. The highest BCUT2D eigenvalue weighted by Gasteiger charge is 2.37. The number of nitrogens with two attached hydrogens (primary N) is 2. The first-order valence-electron chi connectivity index (χ1n) is 13.4. The second-order valence-corrected chi connectivity index (χ2v) is 12.8. The molecule has 0 aliphatic carbocycles. The number of nitrogen functional groups attached to an aromatic ring is 1. The van der Waals surface area contributed by atoms with Crippen molar-refractivity contribution in [2.45, 2.75) is 66.3 Å². The first kappa shape index (κ1) is 33.1.